The number of aryl methyl sites for hydroxylation is 1. The van der Waals surface area contributed by atoms with Crippen molar-refractivity contribution in [2.45, 2.75) is 57.1 Å². The van der Waals surface area contributed by atoms with Gasteiger partial charge in [0.25, 0.3) is 0 Å². The Hall–Kier alpha value is -2.02. The van der Waals surface area contributed by atoms with Crippen molar-refractivity contribution in [2.24, 2.45) is 0 Å². The van der Waals surface area contributed by atoms with Gasteiger partial charge in [-0.25, -0.2) is 4.39 Å². The molecular weight excluding hydrogens is 437 g/mol. The van der Waals surface area contributed by atoms with E-state index in [0.29, 0.717) is 23.5 Å². The zero-order chi connectivity index (χ0) is 23.6. The Balaban J connectivity index is 0.000000720. The van der Waals surface area contributed by atoms with E-state index in [1.807, 2.05) is 23.8 Å². The molecule has 2 heterocycles. The molecule has 1 aliphatic rings. The molecule has 4 nitrogen and oxygen atoms in total. The third-order valence-corrected chi connectivity index (χ3v) is 5.78. The van der Waals surface area contributed by atoms with E-state index < -0.39 is 17.9 Å². The molecule has 2 atom stereocenters. The van der Waals surface area contributed by atoms with E-state index in [0.717, 1.165) is 22.4 Å². The first-order valence-corrected chi connectivity index (χ1v) is 11.6. The number of hydrogen-bond acceptors (Lipinski definition) is 3. The molecule has 170 valence electrons. The van der Waals surface area contributed by atoms with E-state index in [1.54, 1.807) is 25.2 Å². The van der Waals surface area contributed by atoms with E-state index >= 15 is 0 Å². The highest BCUT2D eigenvalue weighted by molar-refractivity contribution is 8.02. The molecule has 1 aromatic carbocycles. The summed E-state index contributed by atoms with van der Waals surface area (Å²) in [7, 11) is 0. The van der Waals surface area contributed by atoms with Crippen LogP contribution in [0.25, 0.3) is 10.9 Å². The Kier molecular flexibility index (Phi) is 11.7. The Bertz CT molecular complexity index is 937. The summed E-state index contributed by atoms with van der Waals surface area (Å²) in [6.45, 7) is 13.3. The molecule has 2 aromatic rings. The number of aliphatic hydroxyl groups is 1. The molecule has 31 heavy (non-hydrogen) atoms. The fraction of sp³-hybridized carbons (Fsp3) is 0.375. The number of aromatic nitrogens is 1. The number of allylic oxidation sites excluding steroid dienone is 3. The zero-order valence-electron chi connectivity index (χ0n) is 18.3. The number of carboxylic acids is 1. The lowest BCUT2D eigenvalue weighted by atomic mass is 9.98. The number of fused-ring (bicyclic) bond motifs is 3. The second-order valence-corrected chi connectivity index (χ2v) is 7.86. The van der Waals surface area contributed by atoms with Crippen LogP contribution in [0, 0.1) is 5.82 Å². The highest BCUT2D eigenvalue weighted by Gasteiger charge is 2.32. The van der Waals surface area contributed by atoms with Crippen LogP contribution in [0.4, 0.5) is 4.39 Å². The van der Waals surface area contributed by atoms with Gasteiger partial charge in [-0.15, -0.1) is 18.2 Å². The average molecular weight is 468 g/mol. The van der Waals surface area contributed by atoms with E-state index in [9.17, 15) is 19.4 Å². The van der Waals surface area contributed by atoms with Crippen molar-refractivity contribution in [1.29, 1.82) is 0 Å². The molecule has 0 amide bonds. The minimum Gasteiger partial charge on any atom is -0.481 e. The van der Waals surface area contributed by atoms with Crippen LogP contribution in [-0.4, -0.2) is 26.6 Å². The summed E-state index contributed by atoms with van der Waals surface area (Å²) in [6.07, 6.45) is 5.05. The normalized spacial score (nSPS) is 15.5. The molecule has 0 bridgehead atoms. The third-order valence-electron chi connectivity index (χ3n) is 4.62. The number of hydrogen-bond donors (Lipinski definition) is 2. The van der Waals surface area contributed by atoms with Crippen LogP contribution in [0.2, 0.25) is 0 Å². The van der Waals surface area contributed by atoms with Crippen molar-refractivity contribution in [3.63, 3.8) is 0 Å². The van der Waals surface area contributed by atoms with Gasteiger partial charge < -0.3 is 14.8 Å². The standard InChI is InChI=1S/C19H20FNO3S.C3H5Cl.C2H6/c1-3-4-7-25-19-17-14(11(2)22)9-13(20)10-15(17)21-6-5-12(18(19)21)8-16(23)24;1-2-3-4;1-2/h3-4,7,9-12,22H,1,5-6,8H2,2H3,(H,23,24);2H,1,3H2;1-2H3/b7-4+;;. The van der Waals surface area contributed by atoms with Gasteiger partial charge in [0, 0.05) is 34.3 Å². The van der Waals surface area contributed by atoms with E-state index in [1.165, 1.54) is 23.9 Å². The van der Waals surface area contributed by atoms with Crippen LogP contribution < -0.4 is 0 Å². The summed E-state index contributed by atoms with van der Waals surface area (Å²) >= 11 is 6.52. The molecule has 2 unspecified atom stereocenters. The molecule has 0 saturated heterocycles. The largest absolute Gasteiger partial charge is 0.481 e. The van der Waals surface area contributed by atoms with Crippen LogP contribution in [0.15, 0.2) is 53.8 Å². The summed E-state index contributed by atoms with van der Waals surface area (Å²) in [5.41, 5.74) is 2.16. The number of nitrogens with zero attached hydrogens (tertiary/aromatic N) is 1. The topological polar surface area (TPSA) is 62.5 Å². The van der Waals surface area contributed by atoms with Gasteiger partial charge in [-0.3, -0.25) is 4.79 Å². The van der Waals surface area contributed by atoms with Gasteiger partial charge in [-0.05, 0) is 36.4 Å². The summed E-state index contributed by atoms with van der Waals surface area (Å²) in [6, 6.07) is 2.82. The third kappa shape index (κ3) is 6.73. The highest BCUT2D eigenvalue weighted by atomic mass is 35.5. The molecule has 0 radical (unpaired) electrons. The van der Waals surface area contributed by atoms with E-state index in [-0.39, 0.29) is 12.3 Å². The molecule has 1 aromatic heterocycles. The number of carbonyl (C=O) groups is 1. The molecule has 3 rings (SSSR count). The number of benzene rings is 1. The van der Waals surface area contributed by atoms with Crippen molar-refractivity contribution in [3.8, 4) is 0 Å². The molecular formula is C24H31ClFNO3S. The van der Waals surface area contributed by atoms with Gasteiger partial charge >= 0.3 is 5.97 Å². The van der Waals surface area contributed by atoms with Gasteiger partial charge in [-0.1, -0.05) is 50.4 Å². The average Bonchev–Trinajstić information content (AvgIpc) is 3.28. The van der Waals surface area contributed by atoms with Gasteiger partial charge in [0.15, 0.2) is 0 Å². The number of aliphatic carboxylic acids is 1. The number of carboxylic acid groups (broad SMARTS) is 1. The summed E-state index contributed by atoms with van der Waals surface area (Å²) in [5, 5.41) is 22.0. The molecule has 0 fully saturated rings. The highest BCUT2D eigenvalue weighted by Crippen LogP contribution is 2.47. The van der Waals surface area contributed by atoms with Crippen LogP contribution in [-0.2, 0) is 11.3 Å². The van der Waals surface area contributed by atoms with Gasteiger partial charge in [-0.2, -0.15) is 0 Å². The SMILES string of the molecule is C=C/C=C/Sc1c2n(c3cc(F)cc(C(C)O)c13)CCC2CC(=O)O.C=CCCl.CC. The van der Waals surface area contributed by atoms with Crippen molar-refractivity contribution in [2.75, 3.05) is 5.88 Å². The Morgan fingerprint density at radius 1 is 1.42 bits per heavy atom. The molecule has 7 heteroatoms. The maximum atomic E-state index is 14.1. The zero-order valence-corrected chi connectivity index (χ0v) is 19.8. The summed E-state index contributed by atoms with van der Waals surface area (Å²) in [4.78, 5) is 12.1. The fourth-order valence-electron chi connectivity index (χ4n) is 3.54. The minimum atomic E-state index is -0.844. The quantitative estimate of drug-likeness (QED) is 0.198. The van der Waals surface area contributed by atoms with Crippen LogP contribution in [0.5, 0.6) is 0 Å². The molecule has 0 saturated carbocycles. The van der Waals surface area contributed by atoms with Crippen molar-refractivity contribution in [1.82, 2.24) is 4.57 Å². The molecule has 2 N–H and O–H groups in total. The minimum absolute atomic E-state index is 0.0432. The first-order valence-electron chi connectivity index (χ1n) is 10.2. The molecule has 0 aliphatic carbocycles. The second kappa shape index (κ2) is 13.4. The molecule has 1 aliphatic heterocycles. The summed E-state index contributed by atoms with van der Waals surface area (Å²) in [5.74, 6) is -0.804. The number of alkyl halides is 1. The fourth-order valence-corrected chi connectivity index (χ4v) is 4.61. The van der Waals surface area contributed by atoms with Crippen molar-refractivity contribution < 1.29 is 19.4 Å². The molecule has 0 spiro atoms. The maximum Gasteiger partial charge on any atom is 0.304 e. The lowest BCUT2D eigenvalue weighted by molar-refractivity contribution is -0.137. The number of thioether (sulfide) groups is 1. The van der Waals surface area contributed by atoms with Crippen molar-refractivity contribution >= 4 is 40.2 Å². The van der Waals surface area contributed by atoms with Gasteiger partial charge in [0.1, 0.15) is 5.82 Å². The Morgan fingerprint density at radius 3 is 2.58 bits per heavy atom. The lowest BCUT2D eigenvalue weighted by Crippen LogP contribution is -2.04. The Morgan fingerprint density at radius 2 is 2.06 bits per heavy atom. The first kappa shape index (κ1) is 27.0. The lowest BCUT2D eigenvalue weighted by Gasteiger charge is -2.11. The van der Waals surface area contributed by atoms with Crippen LogP contribution >= 0.6 is 23.4 Å². The van der Waals surface area contributed by atoms with Crippen LogP contribution in [0.3, 0.4) is 0 Å². The number of halogens is 2. The predicted octanol–water partition coefficient (Wildman–Crippen LogP) is 7.02. The smallest absolute Gasteiger partial charge is 0.304 e. The van der Waals surface area contributed by atoms with Crippen LogP contribution in [0.1, 0.15) is 56.9 Å². The Labute approximate surface area is 193 Å². The maximum absolute atomic E-state index is 14.1. The van der Waals surface area contributed by atoms with E-state index in [2.05, 4.69) is 13.2 Å². The second-order valence-electron chi connectivity index (χ2n) is 6.64. The number of rotatable bonds is 7. The van der Waals surface area contributed by atoms with Gasteiger partial charge in [0.2, 0.25) is 0 Å². The van der Waals surface area contributed by atoms with E-state index in [4.69, 9.17) is 11.6 Å². The van der Waals surface area contributed by atoms with Gasteiger partial charge in [0.05, 0.1) is 18.0 Å². The first-order chi connectivity index (χ1) is 14.8. The predicted molar refractivity (Wildman–Crippen MR) is 130 cm³/mol. The van der Waals surface area contributed by atoms with Crippen molar-refractivity contribution in [3.05, 3.63) is 66.0 Å². The monoisotopic (exact) mass is 467 g/mol. The summed E-state index contributed by atoms with van der Waals surface area (Å²) < 4.78 is 16.1. The number of aliphatic hydroxyl groups excluding tert-OH is 1.